The smallest absolute Gasteiger partial charge is 0.168 e. The van der Waals surface area contributed by atoms with Gasteiger partial charge in [-0.2, -0.15) is 0 Å². The van der Waals surface area contributed by atoms with Gasteiger partial charge < -0.3 is 21.1 Å². The van der Waals surface area contributed by atoms with Crippen LogP contribution in [0.1, 0.15) is 24.5 Å². The molecular formula is C22H30N4OS2. The van der Waals surface area contributed by atoms with Crippen molar-refractivity contribution in [2.45, 2.75) is 23.8 Å². The summed E-state index contributed by atoms with van der Waals surface area (Å²) >= 11 is 6.58. The summed E-state index contributed by atoms with van der Waals surface area (Å²) in [5.41, 5.74) is 8.69. The van der Waals surface area contributed by atoms with Gasteiger partial charge in [-0.05, 0) is 67.7 Å². The standard InChI is InChI=1S/C22H30N4OS2/c1-29-21-10-9-17(16-19(21)24-22(23)28)20(27)8-5-11-25-12-14-26(15-13-25)18-6-3-2-4-7-18/h2-4,6-7,9-10,16,20,27H,5,8,11-15H2,1H3,(H3,23,24,28). The Labute approximate surface area is 183 Å². The molecule has 5 nitrogen and oxygen atoms in total. The Hall–Kier alpha value is -1.80. The van der Waals surface area contributed by atoms with E-state index >= 15 is 0 Å². The maximum absolute atomic E-state index is 10.6. The van der Waals surface area contributed by atoms with Gasteiger partial charge in [0.2, 0.25) is 0 Å². The number of piperazine rings is 1. The summed E-state index contributed by atoms with van der Waals surface area (Å²) in [4.78, 5) is 5.99. The summed E-state index contributed by atoms with van der Waals surface area (Å²) in [5, 5.41) is 13.9. The molecule has 29 heavy (non-hydrogen) atoms. The second kappa shape index (κ2) is 10.8. The largest absolute Gasteiger partial charge is 0.388 e. The van der Waals surface area contributed by atoms with Crippen molar-refractivity contribution in [2.75, 3.05) is 49.2 Å². The SMILES string of the molecule is CSc1ccc(C(O)CCCN2CCN(c3ccccc3)CC2)cc1NC(N)=S. The molecule has 7 heteroatoms. The molecule has 1 fully saturated rings. The molecule has 0 spiro atoms. The minimum Gasteiger partial charge on any atom is -0.388 e. The van der Waals surface area contributed by atoms with Gasteiger partial charge in [0.25, 0.3) is 0 Å². The predicted octanol–water partition coefficient (Wildman–Crippen LogP) is 3.70. The Morgan fingerprint density at radius 3 is 2.55 bits per heavy atom. The van der Waals surface area contributed by atoms with Gasteiger partial charge in [0.15, 0.2) is 5.11 Å². The Balaban J connectivity index is 1.45. The van der Waals surface area contributed by atoms with Crippen LogP contribution in [0.2, 0.25) is 0 Å². The molecular weight excluding hydrogens is 400 g/mol. The summed E-state index contributed by atoms with van der Waals surface area (Å²) in [6, 6.07) is 16.5. The van der Waals surface area contributed by atoms with Crippen molar-refractivity contribution in [2.24, 2.45) is 5.73 Å². The molecule has 0 amide bonds. The highest BCUT2D eigenvalue weighted by Crippen LogP contribution is 2.30. The van der Waals surface area contributed by atoms with Crippen LogP contribution in [-0.4, -0.2) is 54.1 Å². The van der Waals surface area contributed by atoms with Crippen LogP contribution < -0.4 is 16.0 Å². The minimum atomic E-state index is -0.483. The number of para-hydroxylation sites is 1. The average Bonchev–Trinajstić information content (AvgIpc) is 2.74. The molecule has 1 saturated heterocycles. The zero-order valence-electron chi connectivity index (χ0n) is 16.9. The number of nitrogens with two attached hydrogens (primary N) is 1. The van der Waals surface area contributed by atoms with E-state index in [1.54, 1.807) is 11.8 Å². The van der Waals surface area contributed by atoms with Crippen molar-refractivity contribution in [3.8, 4) is 0 Å². The lowest BCUT2D eigenvalue weighted by Gasteiger charge is -2.36. The molecule has 0 aromatic heterocycles. The molecule has 0 bridgehead atoms. The van der Waals surface area contributed by atoms with Gasteiger partial charge in [0.1, 0.15) is 0 Å². The van der Waals surface area contributed by atoms with Crippen molar-refractivity contribution < 1.29 is 5.11 Å². The Kier molecular flexibility index (Phi) is 8.18. The number of aliphatic hydroxyl groups excluding tert-OH is 1. The maximum atomic E-state index is 10.6. The number of thioether (sulfide) groups is 1. The van der Waals surface area contributed by atoms with E-state index in [-0.39, 0.29) is 5.11 Å². The second-order valence-corrected chi connectivity index (χ2v) is 8.56. The van der Waals surface area contributed by atoms with E-state index in [9.17, 15) is 5.11 Å². The summed E-state index contributed by atoms with van der Waals surface area (Å²) in [6.07, 6.45) is 3.23. The Morgan fingerprint density at radius 2 is 1.90 bits per heavy atom. The Bertz CT molecular complexity index is 795. The quantitative estimate of drug-likeness (QED) is 0.436. The van der Waals surface area contributed by atoms with Crippen LogP contribution in [0.15, 0.2) is 53.4 Å². The highest BCUT2D eigenvalue weighted by atomic mass is 32.2. The van der Waals surface area contributed by atoms with Crippen LogP contribution >= 0.6 is 24.0 Å². The third kappa shape index (κ3) is 6.34. The number of thiocarbonyl (C=S) groups is 1. The normalized spacial score (nSPS) is 15.9. The third-order valence-corrected chi connectivity index (χ3v) is 6.21. The summed E-state index contributed by atoms with van der Waals surface area (Å²) < 4.78 is 0. The van der Waals surface area contributed by atoms with E-state index < -0.39 is 6.10 Å². The van der Waals surface area contributed by atoms with Gasteiger partial charge >= 0.3 is 0 Å². The van der Waals surface area contributed by atoms with Gasteiger partial charge in [-0.3, -0.25) is 4.90 Å². The number of hydrogen-bond donors (Lipinski definition) is 3. The highest BCUT2D eigenvalue weighted by Gasteiger charge is 2.17. The van der Waals surface area contributed by atoms with E-state index in [0.717, 1.165) is 61.7 Å². The number of rotatable bonds is 8. The monoisotopic (exact) mass is 430 g/mol. The van der Waals surface area contributed by atoms with Crippen LogP contribution in [0, 0.1) is 0 Å². The van der Waals surface area contributed by atoms with Crippen LogP contribution in [0.4, 0.5) is 11.4 Å². The van der Waals surface area contributed by atoms with Crippen LogP contribution in [-0.2, 0) is 0 Å². The molecule has 2 aromatic rings. The first-order valence-electron chi connectivity index (χ1n) is 10.0. The van der Waals surface area contributed by atoms with Crippen molar-refractivity contribution in [1.29, 1.82) is 0 Å². The lowest BCUT2D eigenvalue weighted by Crippen LogP contribution is -2.46. The number of benzene rings is 2. The van der Waals surface area contributed by atoms with Crippen molar-refractivity contribution in [3.05, 3.63) is 54.1 Å². The first kappa shape index (κ1) is 21.9. The fraction of sp³-hybridized carbons (Fsp3) is 0.409. The fourth-order valence-corrected chi connectivity index (χ4v) is 4.35. The molecule has 1 atom stereocenters. The number of aliphatic hydroxyl groups is 1. The van der Waals surface area contributed by atoms with Gasteiger partial charge in [-0.1, -0.05) is 24.3 Å². The molecule has 156 valence electrons. The maximum Gasteiger partial charge on any atom is 0.168 e. The first-order chi connectivity index (χ1) is 14.1. The average molecular weight is 431 g/mol. The van der Waals surface area contributed by atoms with Gasteiger partial charge in [-0.25, -0.2) is 0 Å². The molecule has 2 aromatic carbocycles. The molecule has 0 radical (unpaired) electrons. The van der Waals surface area contributed by atoms with Crippen LogP contribution in [0.25, 0.3) is 0 Å². The molecule has 3 rings (SSSR count). The van der Waals surface area contributed by atoms with Crippen molar-refractivity contribution in [1.82, 2.24) is 4.90 Å². The van der Waals surface area contributed by atoms with Crippen molar-refractivity contribution >= 4 is 40.5 Å². The lowest BCUT2D eigenvalue weighted by atomic mass is 10.0. The fourth-order valence-electron chi connectivity index (χ4n) is 3.71. The summed E-state index contributed by atoms with van der Waals surface area (Å²) in [5.74, 6) is 0. The summed E-state index contributed by atoms with van der Waals surface area (Å²) in [6.45, 7) is 5.25. The van der Waals surface area contributed by atoms with Gasteiger partial charge in [-0.15, -0.1) is 11.8 Å². The third-order valence-electron chi connectivity index (χ3n) is 5.31. The second-order valence-electron chi connectivity index (χ2n) is 7.27. The molecule has 1 unspecified atom stereocenters. The predicted molar refractivity (Wildman–Crippen MR) is 128 cm³/mol. The number of hydrogen-bond acceptors (Lipinski definition) is 5. The van der Waals surface area contributed by atoms with Gasteiger partial charge in [0.05, 0.1) is 11.8 Å². The first-order valence-corrected chi connectivity index (χ1v) is 11.6. The number of anilines is 2. The van der Waals surface area contributed by atoms with E-state index in [4.69, 9.17) is 18.0 Å². The van der Waals surface area contributed by atoms with E-state index in [0.29, 0.717) is 0 Å². The van der Waals surface area contributed by atoms with E-state index in [2.05, 4.69) is 45.4 Å². The molecule has 1 heterocycles. The van der Waals surface area contributed by atoms with Crippen molar-refractivity contribution in [3.63, 3.8) is 0 Å². The zero-order chi connectivity index (χ0) is 20.6. The Morgan fingerprint density at radius 1 is 1.17 bits per heavy atom. The number of nitrogens with zero attached hydrogens (tertiary/aromatic N) is 2. The van der Waals surface area contributed by atoms with E-state index in [1.807, 2.05) is 24.5 Å². The molecule has 0 saturated carbocycles. The highest BCUT2D eigenvalue weighted by molar-refractivity contribution is 7.98. The molecule has 1 aliphatic rings. The molecule has 0 aliphatic carbocycles. The molecule has 4 N–H and O–H groups in total. The topological polar surface area (TPSA) is 64.8 Å². The number of nitrogens with one attached hydrogen (secondary N) is 1. The molecule has 1 aliphatic heterocycles. The van der Waals surface area contributed by atoms with Crippen LogP contribution in [0.5, 0.6) is 0 Å². The summed E-state index contributed by atoms with van der Waals surface area (Å²) in [7, 11) is 0. The zero-order valence-corrected chi connectivity index (χ0v) is 18.5. The van der Waals surface area contributed by atoms with Gasteiger partial charge in [0, 0.05) is 36.8 Å². The van der Waals surface area contributed by atoms with E-state index in [1.165, 1.54) is 5.69 Å². The minimum absolute atomic E-state index is 0.238. The van der Waals surface area contributed by atoms with Crippen LogP contribution in [0.3, 0.4) is 0 Å². The lowest BCUT2D eigenvalue weighted by molar-refractivity contribution is 0.154.